The Kier molecular flexibility index (Phi) is 3.85. The first-order valence-electron chi connectivity index (χ1n) is 5.86. The summed E-state index contributed by atoms with van der Waals surface area (Å²) in [6.45, 7) is 2.12. The third-order valence-corrected chi connectivity index (χ3v) is 3.57. The Morgan fingerprint density at radius 3 is 2.56 bits per heavy atom. The second-order valence-electron chi connectivity index (χ2n) is 4.54. The summed E-state index contributed by atoms with van der Waals surface area (Å²) in [7, 11) is 0. The van der Waals surface area contributed by atoms with Crippen molar-refractivity contribution in [2.75, 3.05) is 0 Å². The van der Waals surface area contributed by atoms with E-state index in [1.165, 1.54) is 5.56 Å². The Bertz CT molecular complexity index is 338. The van der Waals surface area contributed by atoms with Crippen LogP contribution in [0.3, 0.4) is 0 Å². The zero-order valence-corrected chi connectivity index (χ0v) is 10.2. The van der Waals surface area contributed by atoms with Gasteiger partial charge in [-0.05, 0) is 43.9 Å². The van der Waals surface area contributed by atoms with Gasteiger partial charge >= 0.3 is 0 Å². The van der Waals surface area contributed by atoms with Crippen LogP contribution in [0.15, 0.2) is 24.3 Å². The van der Waals surface area contributed by atoms with Crippen LogP contribution >= 0.6 is 11.6 Å². The molecular formula is C13H18ClNO. The van der Waals surface area contributed by atoms with E-state index in [9.17, 15) is 5.11 Å². The molecule has 0 aliphatic heterocycles. The molecule has 0 heterocycles. The number of hydrogen-bond acceptors (Lipinski definition) is 2. The fourth-order valence-electron chi connectivity index (χ4n) is 2.30. The van der Waals surface area contributed by atoms with Crippen LogP contribution in [0.1, 0.15) is 37.8 Å². The maximum absolute atomic E-state index is 9.75. The summed E-state index contributed by atoms with van der Waals surface area (Å²) in [5.74, 6) is 0. The van der Waals surface area contributed by atoms with Gasteiger partial charge in [0, 0.05) is 17.1 Å². The molecule has 1 aromatic carbocycles. The number of benzene rings is 1. The summed E-state index contributed by atoms with van der Waals surface area (Å²) < 4.78 is 0. The molecule has 16 heavy (non-hydrogen) atoms. The zero-order chi connectivity index (χ0) is 11.5. The monoisotopic (exact) mass is 239 g/mol. The Labute approximate surface area is 102 Å². The van der Waals surface area contributed by atoms with E-state index in [0.717, 1.165) is 24.3 Å². The SMILES string of the molecule is C[C@H](N[C@@H]1CCC[C@H]1O)c1ccc(Cl)cc1. The molecule has 1 saturated carbocycles. The Morgan fingerprint density at radius 2 is 2.00 bits per heavy atom. The zero-order valence-electron chi connectivity index (χ0n) is 9.49. The molecule has 1 aliphatic carbocycles. The summed E-state index contributed by atoms with van der Waals surface area (Å²) >= 11 is 5.85. The van der Waals surface area contributed by atoms with Gasteiger partial charge in [-0.25, -0.2) is 0 Å². The van der Waals surface area contributed by atoms with Gasteiger partial charge in [0.2, 0.25) is 0 Å². The second kappa shape index (κ2) is 5.17. The molecule has 1 aliphatic rings. The molecule has 0 saturated heterocycles. The van der Waals surface area contributed by atoms with Crippen molar-refractivity contribution >= 4 is 11.6 Å². The molecule has 0 bridgehead atoms. The molecule has 0 aromatic heterocycles. The van der Waals surface area contributed by atoms with Crippen LogP contribution < -0.4 is 5.32 Å². The Hall–Kier alpha value is -0.570. The average Bonchev–Trinajstić information content (AvgIpc) is 2.65. The van der Waals surface area contributed by atoms with Crippen LogP contribution in [0.25, 0.3) is 0 Å². The summed E-state index contributed by atoms with van der Waals surface area (Å²) in [5, 5.41) is 14.0. The summed E-state index contributed by atoms with van der Waals surface area (Å²) in [6, 6.07) is 8.36. The maximum Gasteiger partial charge on any atom is 0.0693 e. The maximum atomic E-state index is 9.75. The highest BCUT2D eigenvalue weighted by molar-refractivity contribution is 6.30. The summed E-state index contributed by atoms with van der Waals surface area (Å²) in [5.41, 5.74) is 1.21. The van der Waals surface area contributed by atoms with Crippen molar-refractivity contribution < 1.29 is 5.11 Å². The van der Waals surface area contributed by atoms with Crippen LogP contribution in [0.5, 0.6) is 0 Å². The fraction of sp³-hybridized carbons (Fsp3) is 0.538. The quantitative estimate of drug-likeness (QED) is 0.850. The number of aliphatic hydroxyl groups excluding tert-OH is 1. The minimum Gasteiger partial charge on any atom is -0.392 e. The van der Waals surface area contributed by atoms with E-state index in [-0.39, 0.29) is 18.2 Å². The molecule has 2 rings (SSSR count). The summed E-state index contributed by atoms with van der Waals surface area (Å²) in [6.07, 6.45) is 2.92. The van der Waals surface area contributed by atoms with E-state index >= 15 is 0 Å². The van der Waals surface area contributed by atoms with Crippen LogP contribution in [-0.4, -0.2) is 17.3 Å². The van der Waals surface area contributed by atoms with Gasteiger partial charge in [0.05, 0.1) is 6.10 Å². The van der Waals surface area contributed by atoms with E-state index in [4.69, 9.17) is 11.6 Å². The lowest BCUT2D eigenvalue weighted by Crippen LogP contribution is -2.37. The number of halogens is 1. The smallest absolute Gasteiger partial charge is 0.0693 e. The second-order valence-corrected chi connectivity index (χ2v) is 4.98. The molecular weight excluding hydrogens is 222 g/mol. The van der Waals surface area contributed by atoms with Crippen molar-refractivity contribution in [2.45, 2.75) is 44.4 Å². The van der Waals surface area contributed by atoms with Crippen LogP contribution in [0, 0.1) is 0 Å². The average molecular weight is 240 g/mol. The molecule has 0 radical (unpaired) electrons. The minimum absolute atomic E-state index is 0.185. The van der Waals surface area contributed by atoms with E-state index in [1.54, 1.807) is 0 Å². The van der Waals surface area contributed by atoms with Crippen molar-refractivity contribution in [3.63, 3.8) is 0 Å². The standard InChI is InChI=1S/C13H18ClNO/c1-9(10-5-7-11(14)8-6-10)15-12-3-2-4-13(12)16/h5-9,12-13,15-16H,2-4H2,1H3/t9-,12+,13+/m0/s1. The molecule has 3 atom stereocenters. The van der Waals surface area contributed by atoms with Crippen molar-refractivity contribution in [3.8, 4) is 0 Å². The molecule has 3 heteroatoms. The fourth-order valence-corrected chi connectivity index (χ4v) is 2.43. The van der Waals surface area contributed by atoms with Gasteiger partial charge in [-0.15, -0.1) is 0 Å². The highest BCUT2D eigenvalue weighted by Crippen LogP contribution is 2.23. The van der Waals surface area contributed by atoms with E-state index in [0.29, 0.717) is 0 Å². The van der Waals surface area contributed by atoms with Crippen molar-refractivity contribution in [3.05, 3.63) is 34.9 Å². The summed E-state index contributed by atoms with van der Waals surface area (Å²) in [4.78, 5) is 0. The lowest BCUT2D eigenvalue weighted by atomic mass is 10.1. The molecule has 0 amide bonds. The van der Waals surface area contributed by atoms with Crippen LogP contribution in [0.2, 0.25) is 5.02 Å². The first kappa shape index (κ1) is 11.9. The van der Waals surface area contributed by atoms with Gasteiger partial charge in [0.25, 0.3) is 0 Å². The van der Waals surface area contributed by atoms with Gasteiger partial charge < -0.3 is 10.4 Å². The number of hydrogen-bond donors (Lipinski definition) is 2. The molecule has 1 aromatic rings. The number of rotatable bonds is 3. The molecule has 2 nitrogen and oxygen atoms in total. The predicted octanol–water partition coefficient (Wildman–Crippen LogP) is 2.90. The lowest BCUT2D eigenvalue weighted by Gasteiger charge is -2.22. The predicted molar refractivity (Wildman–Crippen MR) is 66.6 cm³/mol. The third-order valence-electron chi connectivity index (χ3n) is 3.31. The molecule has 0 spiro atoms. The van der Waals surface area contributed by atoms with E-state index < -0.39 is 0 Å². The van der Waals surface area contributed by atoms with Crippen molar-refractivity contribution in [2.24, 2.45) is 0 Å². The number of nitrogens with one attached hydrogen (secondary N) is 1. The van der Waals surface area contributed by atoms with Crippen molar-refractivity contribution in [1.29, 1.82) is 0 Å². The Balaban J connectivity index is 1.97. The lowest BCUT2D eigenvalue weighted by molar-refractivity contribution is 0.144. The molecule has 0 unspecified atom stereocenters. The van der Waals surface area contributed by atoms with Gasteiger partial charge in [0.15, 0.2) is 0 Å². The van der Waals surface area contributed by atoms with Gasteiger partial charge in [0.1, 0.15) is 0 Å². The normalized spacial score (nSPS) is 26.9. The van der Waals surface area contributed by atoms with Gasteiger partial charge in [-0.1, -0.05) is 23.7 Å². The molecule has 1 fully saturated rings. The topological polar surface area (TPSA) is 32.3 Å². The number of aliphatic hydroxyl groups is 1. The largest absolute Gasteiger partial charge is 0.392 e. The van der Waals surface area contributed by atoms with Crippen LogP contribution in [-0.2, 0) is 0 Å². The van der Waals surface area contributed by atoms with Gasteiger partial charge in [-0.2, -0.15) is 0 Å². The Morgan fingerprint density at radius 1 is 1.31 bits per heavy atom. The third kappa shape index (κ3) is 2.76. The van der Waals surface area contributed by atoms with Crippen molar-refractivity contribution in [1.82, 2.24) is 5.32 Å². The highest BCUT2D eigenvalue weighted by atomic mass is 35.5. The van der Waals surface area contributed by atoms with E-state index in [2.05, 4.69) is 12.2 Å². The molecule has 2 N–H and O–H groups in total. The first-order valence-corrected chi connectivity index (χ1v) is 6.24. The highest BCUT2D eigenvalue weighted by Gasteiger charge is 2.26. The van der Waals surface area contributed by atoms with Crippen LogP contribution in [0.4, 0.5) is 0 Å². The molecule has 88 valence electrons. The van der Waals surface area contributed by atoms with Gasteiger partial charge in [-0.3, -0.25) is 0 Å². The van der Waals surface area contributed by atoms with E-state index in [1.807, 2.05) is 24.3 Å². The first-order chi connectivity index (χ1) is 7.66. The minimum atomic E-state index is -0.185.